The fourth-order valence-corrected chi connectivity index (χ4v) is 15.0. The van der Waals surface area contributed by atoms with Gasteiger partial charge in [-0.1, -0.05) is 0 Å². The molecule has 0 spiro atoms. The number of urea groups is 3. The second kappa shape index (κ2) is 12.8. The molecular weight excluding hydrogens is 614 g/mol. The Hall–Kier alpha value is -2.23. The number of hydrogen-bond donors (Lipinski definition) is 6. The maximum atomic E-state index is 13.1. The van der Waals surface area contributed by atoms with Crippen LogP contribution in [0.1, 0.15) is 116 Å². The third kappa shape index (κ3) is 7.02. The molecule has 6 N–H and O–H groups in total. The minimum atomic E-state index is -0.0388. The molecule has 0 heterocycles. The molecular formula is C39H63N7O3. The molecule has 0 aromatic carbocycles. The number of hydrogen-bond acceptors (Lipinski definition) is 4. The Bertz CT molecular complexity index is 1030. The molecule has 12 saturated carbocycles. The monoisotopic (exact) mass is 677 g/mol. The topological polar surface area (TPSA) is 127 Å². The van der Waals surface area contributed by atoms with Crippen molar-refractivity contribution in [1.29, 1.82) is 0 Å². The van der Waals surface area contributed by atoms with Crippen LogP contribution in [0.2, 0.25) is 0 Å². The van der Waals surface area contributed by atoms with Gasteiger partial charge in [-0.2, -0.15) is 0 Å². The largest absolute Gasteiger partial charge is 0.337 e. The van der Waals surface area contributed by atoms with E-state index in [0.717, 1.165) is 111 Å². The normalized spacial score (nSPS) is 44.6. The molecule has 12 rings (SSSR count). The molecule has 12 fully saturated rings. The number of nitrogens with one attached hydrogen (secondary N) is 6. The van der Waals surface area contributed by atoms with E-state index in [1.54, 1.807) is 0 Å². The van der Waals surface area contributed by atoms with Gasteiger partial charge >= 0.3 is 18.1 Å². The molecule has 12 aliphatic carbocycles. The van der Waals surface area contributed by atoms with E-state index in [1.165, 1.54) is 57.8 Å². The van der Waals surface area contributed by atoms with E-state index < -0.39 is 0 Å². The molecule has 0 radical (unpaired) electrons. The predicted molar refractivity (Wildman–Crippen MR) is 189 cm³/mol. The summed E-state index contributed by atoms with van der Waals surface area (Å²) in [6.07, 6.45) is 22.6. The van der Waals surface area contributed by atoms with Crippen LogP contribution in [0.25, 0.3) is 0 Å². The first-order chi connectivity index (χ1) is 23.7. The summed E-state index contributed by atoms with van der Waals surface area (Å²) in [5.74, 6) is 7.14. The first-order valence-corrected chi connectivity index (χ1v) is 20.6. The van der Waals surface area contributed by atoms with Gasteiger partial charge in [-0.15, -0.1) is 0 Å². The van der Waals surface area contributed by atoms with Crippen LogP contribution in [0.5, 0.6) is 0 Å². The van der Waals surface area contributed by atoms with Gasteiger partial charge in [0.25, 0.3) is 0 Å². The van der Waals surface area contributed by atoms with Gasteiger partial charge in [0, 0.05) is 55.9 Å². The highest BCUT2D eigenvalue weighted by atomic mass is 16.2. The summed E-state index contributed by atoms with van der Waals surface area (Å²) in [5, 5.41) is 19.8. The van der Waals surface area contributed by atoms with Crippen molar-refractivity contribution in [2.75, 3.05) is 39.3 Å². The number of carbonyl (C=O) groups excluding carboxylic acids is 3. The lowest BCUT2D eigenvalue weighted by molar-refractivity contribution is -0.0137. The Morgan fingerprint density at radius 3 is 0.796 bits per heavy atom. The van der Waals surface area contributed by atoms with Gasteiger partial charge in [0.05, 0.1) is 0 Å². The minimum Gasteiger partial charge on any atom is -0.337 e. The van der Waals surface area contributed by atoms with E-state index in [4.69, 9.17) is 0 Å². The second-order valence-corrected chi connectivity index (χ2v) is 19.6. The Morgan fingerprint density at radius 2 is 0.592 bits per heavy atom. The molecule has 0 aliphatic heterocycles. The summed E-state index contributed by atoms with van der Waals surface area (Å²) in [6, 6.07) is -0.117. The lowest BCUT2D eigenvalue weighted by atomic mass is 9.53. The summed E-state index contributed by atoms with van der Waals surface area (Å²) in [5.41, 5.74) is 0.00141. The minimum absolute atomic E-state index is 0.000471. The number of rotatable bonds is 12. The van der Waals surface area contributed by atoms with E-state index in [1.807, 2.05) is 0 Å². The van der Waals surface area contributed by atoms with Crippen LogP contribution in [0.4, 0.5) is 14.4 Å². The van der Waals surface area contributed by atoms with Crippen molar-refractivity contribution in [1.82, 2.24) is 36.8 Å². The number of nitrogens with zero attached hydrogens (tertiary/aromatic N) is 1. The van der Waals surface area contributed by atoms with Crippen LogP contribution in [0, 0.1) is 53.3 Å². The third-order valence-electron chi connectivity index (χ3n) is 15.4. The first kappa shape index (κ1) is 32.7. The van der Waals surface area contributed by atoms with Crippen LogP contribution in [-0.4, -0.2) is 78.9 Å². The molecule has 49 heavy (non-hydrogen) atoms. The van der Waals surface area contributed by atoms with E-state index in [0.29, 0.717) is 39.3 Å². The van der Waals surface area contributed by atoms with Gasteiger partial charge in [-0.25, -0.2) is 14.4 Å². The molecule has 10 nitrogen and oxygen atoms in total. The molecule has 10 heteroatoms. The van der Waals surface area contributed by atoms with Gasteiger partial charge in [-0.3, -0.25) is 4.90 Å². The van der Waals surface area contributed by atoms with Crippen LogP contribution in [0.3, 0.4) is 0 Å². The first-order valence-electron chi connectivity index (χ1n) is 20.6. The Balaban J connectivity index is 0.753. The molecule has 6 amide bonds. The maximum Gasteiger partial charge on any atom is 0.315 e. The van der Waals surface area contributed by atoms with Crippen LogP contribution >= 0.6 is 0 Å². The fraction of sp³-hybridized carbons (Fsp3) is 0.923. The van der Waals surface area contributed by atoms with Crippen LogP contribution in [0.15, 0.2) is 0 Å². The number of carbonyl (C=O) groups is 3. The van der Waals surface area contributed by atoms with Crippen molar-refractivity contribution in [2.45, 2.75) is 132 Å². The van der Waals surface area contributed by atoms with Crippen LogP contribution < -0.4 is 31.9 Å². The van der Waals surface area contributed by atoms with Gasteiger partial charge in [0.1, 0.15) is 0 Å². The van der Waals surface area contributed by atoms with Crippen molar-refractivity contribution < 1.29 is 14.4 Å². The highest BCUT2D eigenvalue weighted by Gasteiger charge is 2.54. The lowest BCUT2D eigenvalue weighted by Crippen LogP contribution is -2.62. The summed E-state index contributed by atoms with van der Waals surface area (Å²) >= 11 is 0. The van der Waals surface area contributed by atoms with E-state index in [-0.39, 0.29) is 34.7 Å². The molecule has 0 atom stereocenters. The summed E-state index contributed by atoms with van der Waals surface area (Å²) in [4.78, 5) is 41.7. The van der Waals surface area contributed by atoms with Crippen molar-refractivity contribution in [2.24, 2.45) is 53.3 Å². The van der Waals surface area contributed by atoms with Crippen molar-refractivity contribution in [3.63, 3.8) is 0 Å². The zero-order valence-corrected chi connectivity index (χ0v) is 29.8. The molecule has 12 aliphatic rings. The van der Waals surface area contributed by atoms with Crippen LogP contribution in [-0.2, 0) is 0 Å². The fourth-order valence-electron chi connectivity index (χ4n) is 15.0. The SMILES string of the molecule is O=C(NCCN(CCNC(=O)NC12CC3CC(CC(C3)C1)C2)CCNC(=O)NC12CC3CC(CC(C3)C1)C2)NC12CC3CC(CC(C3)C1)C2. The number of amides is 6. The van der Waals surface area contributed by atoms with Crippen molar-refractivity contribution >= 4 is 18.1 Å². The summed E-state index contributed by atoms with van der Waals surface area (Å²) in [7, 11) is 0. The maximum absolute atomic E-state index is 13.1. The Kier molecular flexibility index (Phi) is 8.51. The van der Waals surface area contributed by atoms with Crippen molar-refractivity contribution in [3.05, 3.63) is 0 Å². The molecule has 12 bridgehead atoms. The highest BCUT2D eigenvalue weighted by molar-refractivity contribution is 5.76. The Labute approximate surface area is 293 Å². The van der Waals surface area contributed by atoms with E-state index in [2.05, 4.69) is 36.8 Å². The summed E-state index contributed by atoms with van der Waals surface area (Å²) in [6.45, 7) is 3.63. The zero-order chi connectivity index (χ0) is 33.2. The molecule has 272 valence electrons. The quantitative estimate of drug-likeness (QED) is 0.172. The standard InChI is InChI=1S/C39H63N7O3/c47-34(43-37-16-25-7-26(17-37)9-27(8-25)18-37)40-1-4-46(5-2-41-35(48)44-38-19-28-10-29(20-38)12-30(11-28)21-38)6-3-42-36(49)45-39-22-31-13-32(23-39)15-33(14-31)24-39/h25-33H,1-24H2,(H2,40,43,47)(H2,41,44,48)(H2,42,45,49). The third-order valence-corrected chi connectivity index (χ3v) is 15.4. The zero-order valence-electron chi connectivity index (χ0n) is 29.8. The molecule has 0 unspecified atom stereocenters. The van der Waals surface area contributed by atoms with Gasteiger partial charge in [0.15, 0.2) is 0 Å². The second-order valence-electron chi connectivity index (χ2n) is 19.6. The van der Waals surface area contributed by atoms with Gasteiger partial charge in [0.2, 0.25) is 0 Å². The van der Waals surface area contributed by atoms with E-state index >= 15 is 0 Å². The predicted octanol–water partition coefficient (Wildman–Crippen LogP) is 5.09. The Morgan fingerprint density at radius 1 is 0.388 bits per heavy atom. The van der Waals surface area contributed by atoms with Crippen molar-refractivity contribution in [3.8, 4) is 0 Å². The van der Waals surface area contributed by atoms with E-state index in [9.17, 15) is 14.4 Å². The molecule has 0 aromatic heterocycles. The smallest absolute Gasteiger partial charge is 0.315 e. The highest BCUT2D eigenvalue weighted by Crippen LogP contribution is 2.57. The average Bonchev–Trinajstić information content (AvgIpc) is 2.98. The lowest BCUT2D eigenvalue weighted by Gasteiger charge is -2.56. The van der Waals surface area contributed by atoms with Gasteiger partial charge < -0.3 is 31.9 Å². The average molecular weight is 678 g/mol. The molecule has 0 aromatic rings. The molecule has 0 saturated heterocycles. The summed E-state index contributed by atoms with van der Waals surface area (Å²) < 4.78 is 0. The van der Waals surface area contributed by atoms with Gasteiger partial charge in [-0.05, 0) is 169 Å².